The fraction of sp³-hybridized carbons (Fsp3) is 0.591. The molecule has 166 valence electrons. The van der Waals surface area contributed by atoms with Crippen molar-refractivity contribution in [1.29, 1.82) is 0 Å². The zero-order chi connectivity index (χ0) is 21.6. The molecular weight excluding hydrogens is 382 g/mol. The van der Waals surface area contributed by atoms with Gasteiger partial charge in [-0.05, 0) is 43.9 Å². The lowest BCUT2D eigenvalue weighted by molar-refractivity contribution is -0.130. The number of nitrogens with one attached hydrogen (secondary N) is 3. The van der Waals surface area contributed by atoms with Crippen molar-refractivity contribution in [3.05, 3.63) is 29.8 Å². The van der Waals surface area contributed by atoms with Gasteiger partial charge in [0, 0.05) is 39.1 Å². The van der Waals surface area contributed by atoms with Crippen LogP contribution in [0.1, 0.15) is 44.6 Å². The van der Waals surface area contributed by atoms with Crippen LogP contribution in [0, 0.1) is 0 Å². The molecule has 0 aliphatic carbocycles. The number of hydrogen-bond donors (Lipinski definition) is 3. The first-order valence-electron chi connectivity index (χ1n) is 10.8. The highest BCUT2D eigenvalue weighted by Gasteiger charge is 2.15. The molecule has 1 aliphatic rings. The summed E-state index contributed by atoms with van der Waals surface area (Å²) in [4.78, 5) is 30.5. The highest BCUT2D eigenvalue weighted by atomic mass is 16.5. The molecule has 0 bridgehead atoms. The van der Waals surface area contributed by atoms with Gasteiger partial charge in [0.1, 0.15) is 12.3 Å². The quantitative estimate of drug-likeness (QED) is 0.306. The van der Waals surface area contributed by atoms with Crippen molar-refractivity contribution in [3.8, 4) is 5.75 Å². The molecule has 1 aromatic rings. The second-order valence-electron chi connectivity index (χ2n) is 7.29. The molecule has 1 aromatic carbocycles. The van der Waals surface area contributed by atoms with Gasteiger partial charge in [-0.2, -0.15) is 0 Å². The first-order valence-corrected chi connectivity index (χ1v) is 10.8. The summed E-state index contributed by atoms with van der Waals surface area (Å²) in [5.74, 6) is 1.52. The van der Waals surface area contributed by atoms with Gasteiger partial charge in [0.2, 0.25) is 11.8 Å². The summed E-state index contributed by atoms with van der Waals surface area (Å²) < 4.78 is 5.13. The number of rotatable bonds is 10. The second-order valence-corrected chi connectivity index (χ2v) is 7.29. The average Bonchev–Trinajstić information content (AvgIpc) is 2.97. The minimum atomic E-state index is -0.141. The molecule has 8 nitrogen and oxygen atoms in total. The standard InChI is InChI=1S/C22H35N5O3/c1-3-23-22(24-13-7-15-27-14-6-4-5-8-21(27)29)26-17-20(28)25-16-18-9-11-19(30-2)12-10-18/h9-12H,3-8,13-17H2,1-2H3,(H,25,28)(H2,23,24,26). The Balaban J connectivity index is 1.70. The number of nitrogens with zero attached hydrogens (tertiary/aromatic N) is 2. The number of benzene rings is 1. The maximum atomic E-state index is 12.1. The summed E-state index contributed by atoms with van der Waals surface area (Å²) in [6.45, 7) is 5.51. The first-order chi connectivity index (χ1) is 14.6. The van der Waals surface area contributed by atoms with E-state index in [0.29, 0.717) is 32.0 Å². The van der Waals surface area contributed by atoms with Gasteiger partial charge >= 0.3 is 0 Å². The Bertz CT molecular complexity index is 691. The molecule has 0 atom stereocenters. The smallest absolute Gasteiger partial charge is 0.242 e. The minimum absolute atomic E-state index is 0.0517. The highest BCUT2D eigenvalue weighted by molar-refractivity contribution is 5.84. The maximum absolute atomic E-state index is 12.1. The normalized spacial score (nSPS) is 14.8. The Morgan fingerprint density at radius 2 is 1.93 bits per heavy atom. The van der Waals surface area contributed by atoms with Crippen molar-refractivity contribution in [2.75, 3.05) is 39.8 Å². The third-order valence-electron chi connectivity index (χ3n) is 4.94. The van der Waals surface area contributed by atoms with Crippen molar-refractivity contribution in [3.63, 3.8) is 0 Å². The number of ether oxygens (including phenoxy) is 1. The number of aliphatic imine (C=N–C) groups is 1. The van der Waals surface area contributed by atoms with Gasteiger partial charge in [0.25, 0.3) is 0 Å². The van der Waals surface area contributed by atoms with Gasteiger partial charge in [-0.3, -0.25) is 9.59 Å². The molecule has 1 heterocycles. The van der Waals surface area contributed by atoms with Crippen LogP contribution in [-0.2, 0) is 16.1 Å². The summed E-state index contributed by atoms with van der Waals surface area (Å²) >= 11 is 0. The average molecular weight is 418 g/mol. The van der Waals surface area contributed by atoms with E-state index in [-0.39, 0.29) is 18.4 Å². The molecule has 2 rings (SSSR count). The topological polar surface area (TPSA) is 95.1 Å². The number of amides is 2. The Kier molecular flexibility index (Phi) is 10.5. The Morgan fingerprint density at radius 3 is 2.67 bits per heavy atom. The third-order valence-corrected chi connectivity index (χ3v) is 4.94. The fourth-order valence-electron chi connectivity index (χ4n) is 3.24. The number of methoxy groups -OCH3 is 1. The summed E-state index contributed by atoms with van der Waals surface area (Å²) in [6.07, 6.45) is 4.75. The molecule has 0 radical (unpaired) electrons. The fourth-order valence-corrected chi connectivity index (χ4v) is 3.24. The Hall–Kier alpha value is -2.77. The lowest BCUT2D eigenvalue weighted by Gasteiger charge is -2.20. The predicted octanol–water partition coefficient (Wildman–Crippen LogP) is 1.66. The van der Waals surface area contributed by atoms with Gasteiger partial charge in [0.05, 0.1) is 7.11 Å². The van der Waals surface area contributed by atoms with Crippen LogP contribution in [0.25, 0.3) is 0 Å². The van der Waals surface area contributed by atoms with Gasteiger partial charge in [-0.1, -0.05) is 18.6 Å². The van der Waals surface area contributed by atoms with E-state index in [1.165, 1.54) is 0 Å². The minimum Gasteiger partial charge on any atom is -0.497 e. The summed E-state index contributed by atoms with van der Waals surface area (Å²) in [5, 5.41) is 9.25. The summed E-state index contributed by atoms with van der Waals surface area (Å²) in [7, 11) is 1.62. The van der Waals surface area contributed by atoms with Crippen LogP contribution in [0.5, 0.6) is 5.75 Å². The second kappa shape index (κ2) is 13.5. The van der Waals surface area contributed by atoms with Crippen LogP contribution in [0.2, 0.25) is 0 Å². The molecule has 30 heavy (non-hydrogen) atoms. The number of guanidine groups is 1. The zero-order valence-corrected chi connectivity index (χ0v) is 18.2. The molecular formula is C22H35N5O3. The highest BCUT2D eigenvalue weighted by Crippen LogP contribution is 2.11. The zero-order valence-electron chi connectivity index (χ0n) is 18.2. The third kappa shape index (κ3) is 8.71. The molecule has 0 saturated carbocycles. The van der Waals surface area contributed by atoms with Crippen LogP contribution in [-0.4, -0.2) is 62.5 Å². The monoisotopic (exact) mass is 417 g/mol. The molecule has 1 saturated heterocycles. The van der Waals surface area contributed by atoms with E-state index >= 15 is 0 Å². The molecule has 2 amide bonds. The van der Waals surface area contributed by atoms with E-state index in [1.807, 2.05) is 36.1 Å². The van der Waals surface area contributed by atoms with Crippen LogP contribution >= 0.6 is 0 Å². The van der Waals surface area contributed by atoms with Gasteiger partial charge in [-0.25, -0.2) is 4.99 Å². The lowest BCUT2D eigenvalue weighted by atomic mass is 10.2. The number of likely N-dealkylation sites (tertiary alicyclic amines) is 1. The van der Waals surface area contributed by atoms with E-state index < -0.39 is 0 Å². The van der Waals surface area contributed by atoms with Crippen molar-refractivity contribution in [2.24, 2.45) is 4.99 Å². The maximum Gasteiger partial charge on any atom is 0.242 e. The van der Waals surface area contributed by atoms with Crippen molar-refractivity contribution >= 4 is 17.8 Å². The van der Waals surface area contributed by atoms with Crippen molar-refractivity contribution < 1.29 is 14.3 Å². The molecule has 0 aromatic heterocycles. The number of carbonyl (C=O) groups is 2. The Labute approximate surface area is 179 Å². The molecule has 1 fully saturated rings. The van der Waals surface area contributed by atoms with E-state index in [2.05, 4.69) is 20.9 Å². The molecule has 0 unspecified atom stereocenters. The molecule has 8 heteroatoms. The Morgan fingerprint density at radius 1 is 1.13 bits per heavy atom. The van der Waals surface area contributed by atoms with Crippen molar-refractivity contribution in [2.45, 2.75) is 45.6 Å². The summed E-state index contributed by atoms with van der Waals surface area (Å²) in [6, 6.07) is 7.57. The van der Waals surface area contributed by atoms with Gasteiger partial charge < -0.3 is 25.6 Å². The molecule has 1 aliphatic heterocycles. The number of hydrogen-bond acceptors (Lipinski definition) is 4. The lowest BCUT2D eigenvalue weighted by Crippen LogP contribution is -2.40. The van der Waals surface area contributed by atoms with Crippen LogP contribution in [0.3, 0.4) is 0 Å². The largest absolute Gasteiger partial charge is 0.497 e. The van der Waals surface area contributed by atoms with Crippen LogP contribution in [0.4, 0.5) is 0 Å². The van der Waals surface area contributed by atoms with Gasteiger partial charge in [-0.15, -0.1) is 0 Å². The van der Waals surface area contributed by atoms with E-state index in [1.54, 1.807) is 7.11 Å². The van der Waals surface area contributed by atoms with E-state index in [9.17, 15) is 9.59 Å². The van der Waals surface area contributed by atoms with Crippen LogP contribution in [0.15, 0.2) is 29.3 Å². The summed E-state index contributed by atoms with van der Waals surface area (Å²) in [5.41, 5.74) is 1.00. The molecule has 0 spiro atoms. The number of carbonyl (C=O) groups excluding carboxylic acids is 2. The van der Waals surface area contributed by atoms with Crippen molar-refractivity contribution in [1.82, 2.24) is 20.9 Å². The van der Waals surface area contributed by atoms with E-state index in [0.717, 1.165) is 50.1 Å². The molecule has 3 N–H and O–H groups in total. The van der Waals surface area contributed by atoms with E-state index in [4.69, 9.17) is 4.74 Å². The van der Waals surface area contributed by atoms with Gasteiger partial charge in [0.15, 0.2) is 5.96 Å². The first kappa shape index (κ1) is 23.5. The predicted molar refractivity (Wildman–Crippen MR) is 118 cm³/mol. The van der Waals surface area contributed by atoms with Crippen LogP contribution < -0.4 is 20.7 Å². The SMILES string of the molecule is CCNC(=NCC(=O)NCc1ccc(OC)cc1)NCCCN1CCCCCC1=O.